The van der Waals surface area contributed by atoms with Crippen molar-refractivity contribution in [2.24, 2.45) is 0 Å². The molecule has 0 fully saturated rings. The van der Waals surface area contributed by atoms with Crippen LogP contribution in [0.3, 0.4) is 0 Å². The second-order valence-electron chi connectivity index (χ2n) is 2.53. The molecule has 17 heavy (non-hydrogen) atoms. The first-order valence-corrected chi connectivity index (χ1v) is 4.86. The van der Waals surface area contributed by atoms with Gasteiger partial charge in [-0.2, -0.15) is 0 Å². The molecule has 0 N–H and O–H groups in total. The van der Waals surface area contributed by atoms with Gasteiger partial charge in [0.2, 0.25) is 6.10 Å². The molecule has 1 atom stereocenters. The fourth-order valence-electron chi connectivity index (χ4n) is 0.664. The van der Waals surface area contributed by atoms with E-state index in [-0.39, 0.29) is 0 Å². The largest absolute Gasteiger partial charge is 0.467 e. The van der Waals surface area contributed by atoms with Gasteiger partial charge in [-0.3, -0.25) is 9.59 Å². The average molecular weight is 287 g/mol. The van der Waals surface area contributed by atoms with Gasteiger partial charge < -0.3 is 14.2 Å². The van der Waals surface area contributed by atoms with Crippen LogP contribution in [0, 0.1) is 0 Å². The molecule has 0 aliphatic rings. The number of carbonyl (C=O) groups excluding carboxylic acids is 4. The fourth-order valence-corrected chi connectivity index (χ4v) is 0.870. The molecular weight excluding hydrogens is 279 g/mol. The molecule has 0 aromatic heterocycles. The number of hydrogen-bond acceptors (Lipinski definition) is 7. The number of esters is 2. The lowest BCUT2D eigenvalue weighted by atomic mass is 10.4. The molecule has 96 valence electrons. The topological polar surface area (TPSA) is 96.0 Å². The van der Waals surface area contributed by atoms with Gasteiger partial charge in [-0.1, -0.05) is 0 Å². The predicted molar refractivity (Wildman–Crippen MR) is 54.4 cm³/mol. The van der Waals surface area contributed by atoms with Crippen molar-refractivity contribution >= 4 is 45.6 Å². The van der Waals surface area contributed by atoms with E-state index >= 15 is 0 Å². The number of hydrogen-bond donors (Lipinski definition) is 0. The Hall–Kier alpha value is -1.18. The summed E-state index contributed by atoms with van der Waals surface area (Å²) in [6.07, 6.45) is -1.72. The van der Waals surface area contributed by atoms with Crippen LogP contribution in [0.25, 0.3) is 0 Å². The zero-order valence-corrected chi connectivity index (χ0v) is 10.1. The first-order valence-electron chi connectivity index (χ1n) is 4.11. The minimum Gasteiger partial charge on any atom is -0.467 e. The summed E-state index contributed by atoms with van der Waals surface area (Å²) in [7, 11) is 1.02. The summed E-state index contributed by atoms with van der Waals surface area (Å²) in [6, 6.07) is 0. The van der Waals surface area contributed by atoms with Gasteiger partial charge in [-0.15, -0.1) is 0 Å². The third-order valence-electron chi connectivity index (χ3n) is 1.34. The maximum Gasteiger partial charge on any atom is 0.344 e. The maximum absolute atomic E-state index is 11.0. The molecule has 0 unspecified atom stereocenters. The predicted octanol–water partition coefficient (Wildman–Crippen LogP) is -0.381. The Labute approximate surface area is 106 Å². The Balaban J connectivity index is 4.13. The molecule has 9 heteroatoms. The van der Waals surface area contributed by atoms with Crippen molar-refractivity contribution in [2.45, 2.75) is 6.10 Å². The third-order valence-corrected chi connectivity index (χ3v) is 1.64. The van der Waals surface area contributed by atoms with E-state index in [1.54, 1.807) is 0 Å². The number of carbonyl (C=O) groups is 4. The van der Waals surface area contributed by atoms with Gasteiger partial charge in [0, 0.05) is 0 Å². The van der Waals surface area contributed by atoms with Crippen molar-refractivity contribution < 1.29 is 33.4 Å². The summed E-state index contributed by atoms with van der Waals surface area (Å²) in [6.45, 7) is -1.39. The zero-order chi connectivity index (χ0) is 13.4. The molecule has 0 radical (unpaired) electrons. The smallest absolute Gasteiger partial charge is 0.344 e. The number of methoxy groups -OCH3 is 1. The fraction of sp³-hybridized carbons (Fsp3) is 0.500. The number of ether oxygens (including phenoxy) is 3. The highest BCUT2D eigenvalue weighted by atomic mass is 35.5. The van der Waals surface area contributed by atoms with Crippen LogP contribution in [-0.2, 0) is 33.4 Å². The summed E-state index contributed by atoms with van der Waals surface area (Å²) >= 11 is 9.94. The Morgan fingerprint density at radius 1 is 1.12 bits per heavy atom. The van der Waals surface area contributed by atoms with Crippen LogP contribution < -0.4 is 0 Å². The first-order chi connectivity index (χ1) is 7.88. The molecule has 0 rings (SSSR count). The van der Waals surface area contributed by atoms with E-state index in [1.807, 2.05) is 0 Å². The summed E-state index contributed by atoms with van der Waals surface area (Å²) in [4.78, 5) is 42.9. The van der Waals surface area contributed by atoms with Crippen molar-refractivity contribution in [3.05, 3.63) is 0 Å². The Morgan fingerprint density at radius 3 is 2.12 bits per heavy atom. The van der Waals surface area contributed by atoms with Crippen LogP contribution in [0.2, 0.25) is 0 Å². The molecule has 0 aliphatic carbocycles. The molecule has 0 aromatic carbocycles. The van der Waals surface area contributed by atoms with Crippen LogP contribution in [0.5, 0.6) is 0 Å². The Morgan fingerprint density at radius 2 is 1.71 bits per heavy atom. The van der Waals surface area contributed by atoms with Gasteiger partial charge in [-0.25, -0.2) is 9.59 Å². The van der Waals surface area contributed by atoms with Crippen molar-refractivity contribution in [1.82, 2.24) is 0 Å². The molecular formula is C8H8Cl2O7. The van der Waals surface area contributed by atoms with Gasteiger partial charge in [0.05, 0.1) is 7.11 Å². The van der Waals surface area contributed by atoms with Gasteiger partial charge in [-0.05, 0) is 23.2 Å². The lowest BCUT2D eigenvalue weighted by molar-refractivity contribution is -0.163. The number of rotatable bonds is 7. The van der Waals surface area contributed by atoms with Crippen molar-refractivity contribution in [3.63, 3.8) is 0 Å². The van der Waals surface area contributed by atoms with Gasteiger partial charge in [0.25, 0.3) is 10.5 Å². The summed E-state index contributed by atoms with van der Waals surface area (Å²) in [5, 5.41) is -2.02. The molecule has 0 saturated carbocycles. The van der Waals surface area contributed by atoms with E-state index in [4.69, 9.17) is 23.2 Å². The summed E-state index contributed by atoms with van der Waals surface area (Å²) in [5.74, 6) is -2.03. The first kappa shape index (κ1) is 15.8. The highest BCUT2D eigenvalue weighted by Crippen LogP contribution is 2.01. The molecule has 0 heterocycles. The Bertz CT molecular complexity index is 328. The average Bonchev–Trinajstić information content (AvgIpc) is 2.25. The lowest BCUT2D eigenvalue weighted by Gasteiger charge is -2.10. The number of halogens is 2. The van der Waals surface area contributed by atoms with Crippen LogP contribution in [0.1, 0.15) is 0 Å². The lowest BCUT2D eigenvalue weighted by Crippen LogP contribution is -2.33. The second-order valence-corrected chi connectivity index (χ2v) is 3.33. The highest BCUT2D eigenvalue weighted by molar-refractivity contribution is 6.66. The van der Waals surface area contributed by atoms with E-state index in [2.05, 4.69) is 14.2 Å². The van der Waals surface area contributed by atoms with E-state index in [0.29, 0.717) is 0 Å². The van der Waals surface area contributed by atoms with Crippen molar-refractivity contribution in [2.75, 3.05) is 20.3 Å². The molecule has 0 bridgehead atoms. The van der Waals surface area contributed by atoms with Gasteiger partial charge >= 0.3 is 11.9 Å². The minimum absolute atomic E-state index is 0.637. The monoisotopic (exact) mass is 286 g/mol. The van der Waals surface area contributed by atoms with E-state index < -0.39 is 41.7 Å². The molecule has 0 aromatic rings. The minimum atomic E-state index is -1.72. The van der Waals surface area contributed by atoms with Crippen molar-refractivity contribution in [1.29, 1.82) is 0 Å². The van der Waals surface area contributed by atoms with E-state index in [0.717, 1.165) is 7.11 Å². The molecule has 7 nitrogen and oxygen atoms in total. The van der Waals surface area contributed by atoms with Gasteiger partial charge in [0.15, 0.2) is 6.61 Å². The standard InChI is InChI=1S/C8H8Cl2O7/c1-15-8(14)6(7(10)13)17-3-5(12)16-2-4(9)11/h6H,2-3H2,1H3/t6-/m0/s1. The van der Waals surface area contributed by atoms with E-state index in [1.165, 1.54) is 0 Å². The molecule has 0 aliphatic heterocycles. The van der Waals surface area contributed by atoms with E-state index in [9.17, 15) is 19.2 Å². The SMILES string of the molecule is COC(=O)[C@@H](OCC(=O)OCC(=O)Cl)C(=O)Cl. The van der Waals surface area contributed by atoms with Crippen LogP contribution in [-0.4, -0.2) is 48.9 Å². The Kier molecular flexibility index (Phi) is 7.44. The quantitative estimate of drug-likeness (QED) is 0.357. The third kappa shape index (κ3) is 6.88. The van der Waals surface area contributed by atoms with Crippen molar-refractivity contribution in [3.8, 4) is 0 Å². The van der Waals surface area contributed by atoms with Gasteiger partial charge in [0.1, 0.15) is 6.61 Å². The highest BCUT2D eigenvalue weighted by Gasteiger charge is 2.28. The molecule has 0 spiro atoms. The molecule has 0 amide bonds. The van der Waals surface area contributed by atoms with Crippen LogP contribution >= 0.6 is 23.2 Å². The van der Waals surface area contributed by atoms with Crippen LogP contribution in [0.4, 0.5) is 0 Å². The normalized spacial score (nSPS) is 11.5. The van der Waals surface area contributed by atoms with Crippen LogP contribution in [0.15, 0.2) is 0 Å². The molecule has 0 saturated heterocycles. The maximum atomic E-state index is 11.0. The second kappa shape index (κ2) is 7.99. The summed E-state index contributed by atoms with van der Waals surface area (Å²) in [5.41, 5.74) is 0. The summed E-state index contributed by atoms with van der Waals surface area (Å²) < 4.78 is 13.1. The zero-order valence-electron chi connectivity index (χ0n) is 8.61.